The molecule has 0 atom stereocenters. The molecular formula is C8H10ClF3N4O. The molecule has 1 aromatic rings. The molecule has 0 N–H and O–H groups in total. The first-order valence-electron chi connectivity index (χ1n) is 4.56. The third-order valence-electron chi connectivity index (χ3n) is 1.59. The first-order valence-corrected chi connectivity index (χ1v) is 4.94. The number of halogens is 4. The summed E-state index contributed by atoms with van der Waals surface area (Å²) in [7, 11) is 3.32. The van der Waals surface area contributed by atoms with Gasteiger partial charge in [-0.25, -0.2) is 0 Å². The Labute approximate surface area is 101 Å². The van der Waals surface area contributed by atoms with Crippen molar-refractivity contribution in [1.82, 2.24) is 15.0 Å². The summed E-state index contributed by atoms with van der Waals surface area (Å²) >= 11 is 5.57. The van der Waals surface area contributed by atoms with Gasteiger partial charge in [-0.15, -0.1) is 0 Å². The minimum Gasteiger partial charge on any atom is -0.463 e. The van der Waals surface area contributed by atoms with E-state index in [9.17, 15) is 13.2 Å². The van der Waals surface area contributed by atoms with Crippen LogP contribution in [0.1, 0.15) is 6.42 Å². The summed E-state index contributed by atoms with van der Waals surface area (Å²) in [6, 6.07) is -0.224. The highest BCUT2D eigenvalue weighted by Crippen LogP contribution is 2.20. The van der Waals surface area contributed by atoms with Crippen molar-refractivity contribution in [3.8, 4) is 6.01 Å². The Hall–Kier alpha value is -1.31. The van der Waals surface area contributed by atoms with Gasteiger partial charge in [0, 0.05) is 14.1 Å². The van der Waals surface area contributed by atoms with E-state index in [1.165, 1.54) is 4.90 Å². The fraction of sp³-hybridized carbons (Fsp3) is 0.625. The Morgan fingerprint density at radius 3 is 2.41 bits per heavy atom. The first kappa shape index (κ1) is 13.8. The second kappa shape index (κ2) is 5.35. The topological polar surface area (TPSA) is 51.1 Å². The highest BCUT2D eigenvalue weighted by molar-refractivity contribution is 6.28. The zero-order valence-electron chi connectivity index (χ0n) is 9.12. The summed E-state index contributed by atoms with van der Waals surface area (Å²) in [4.78, 5) is 12.6. The monoisotopic (exact) mass is 270 g/mol. The predicted molar refractivity (Wildman–Crippen MR) is 55.3 cm³/mol. The summed E-state index contributed by atoms with van der Waals surface area (Å²) in [5.41, 5.74) is 0. The van der Waals surface area contributed by atoms with Gasteiger partial charge in [0.2, 0.25) is 11.2 Å². The molecule has 1 heterocycles. The third kappa shape index (κ3) is 5.03. The average molecular weight is 271 g/mol. The number of hydrogen-bond acceptors (Lipinski definition) is 5. The van der Waals surface area contributed by atoms with E-state index in [2.05, 4.69) is 15.0 Å². The third-order valence-corrected chi connectivity index (χ3v) is 1.76. The lowest BCUT2D eigenvalue weighted by Crippen LogP contribution is -2.16. The minimum atomic E-state index is -4.28. The lowest BCUT2D eigenvalue weighted by molar-refractivity contribution is -0.139. The fourth-order valence-electron chi connectivity index (χ4n) is 0.845. The Balaban J connectivity index is 2.65. The second-order valence-corrected chi connectivity index (χ2v) is 3.63. The van der Waals surface area contributed by atoms with Crippen LogP contribution in [0, 0.1) is 0 Å². The van der Waals surface area contributed by atoms with Gasteiger partial charge in [-0.3, -0.25) is 0 Å². The van der Waals surface area contributed by atoms with Gasteiger partial charge in [-0.05, 0) is 11.6 Å². The molecule has 0 aliphatic rings. The van der Waals surface area contributed by atoms with Gasteiger partial charge in [0.25, 0.3) is 0 Å². The molecule has 0 aliphatic heterocycles. The maximum Gasteiger partial charge on any atom is 0.392 e. The average Bonchev–Trinajstić information content (AvgIpc) is 2.14. The normalized spacial score (nSPS) is 11.4. The van der Waals surface area contributed by atoms with Gasteiger partial charge >= 0.3 is 12.2 Å². The Morgan fingerprint density at radius 2 is 1.88 bits per heavy atom. The summed E-state index contributed by atoms with van der Waals surface area (Å²) in [5.74, 6) is 0.215. The molecule has 0 bridgehead atoms. The highest BCUT2D eigenvalue weighted by Gasteiger charge is 2.27. The molecule has 0 saturated carbocycles. The number of hydrogen-bond donors (Lipinski definition) is 0. The molecule has 0 aromatic carbocycles. The van der Waals surface area contributed by atoms with Crippen LogP contribution in [-0.4, -0.2) is 41.8 Å². The van der Waals surface area contributed by atoms with Crippen LogP contribution in [0.5, 0.6) is 6.01 Å². The summed E-state index contributed by atoms with van der Waals surface area (Å²) in [6.07, 6.45) is -5.35. The zero-order valence-corrected chi connectivity index (χ0v) is 9.88. The molecule has 17 heavy (non-hydrogen) atoms. The molecule has 5 nitrogen and oxygen atoms in total. The van der Waals surface area contributed by atoms with Crippen molar-refractivity contribution in [2.45, 2.75) is 12.6 Å². The van der Waals surface area contributed by atoms with Gasteiger partial charge in [-0.2, -0.15) is 28.1 Å². The standard InChI is InChI=1S/C8H10ClF3N4O/c1-16(2)6-13-5(9)14-7(15-6)17-4-3-8(10,11)12/h3-4H2,1-2H3. The van der Waals surface area contributed by atoms with Crippen LogP contribution in [0.4, 0.5) is 19.1 Å². The molecular weight excluding hydrogens is 261 g/mol. The van der Waals surface area contributed by atoms with Crippen molar-refractivity contribution in [3.05, 3.63) is 5.28 Å². The van der Waals surface area contributed by atoms with Crippen LogP contribution >= 0.6 is 11.6 Å². The van der Waals surface area contributed by atoms with Crippen molar-refractivity contribution < 1.29 is 17.9 Å². The lowest BCUT2D eigenvalue weighted by atomic mass is 10.4. The number of aromatic nitrogens is 3. The molecule has 0 fully saturated rings. The molecule has 0 radical (unpaired) electrons. The van der Waals surface area contributed by atoms with Gasteiger partial charge in [0.05, 0.1) is 6.42 Å². The van der Waals surface area contributed by atoms with Gasteiger partial charge < -0.3 is 9.64 Å². The number of anilines is 1. The smallest absolute Gasteiger partial charge is 0.392 e. The largest absolute Gasteiger partial charge is 0.463 e. The molecule has 0 saturated heterocycles. The predicted octanol–water partition coefficient (Wildman–Crippen LogP) is 1.92. The van der Waals surface area contributed by atoms with E-state index in [0.29, 0.717) is 0 Å². The molecule has 1 aromatic heterocycles. The summed E-state index contributed by atoms with van der Waals surface area (Å²) in [6.45, 7) is -0.559. The van der Waals surface area contributed by atoms with Crippen molar-refractivity contribution >= 4 is 17.5 Å². The zero-order chi connectivity index (χ0) is 13.1. The van der Waals surface area contributed by atoms with Crippen LogP contribution in [0.25, 0.3) is 0 Å². The summed E-state index contributed by atoms with van der Waals surface area (Å²) < 4.78 is 40.4. The summed E-state index contributed by atoms with van der Waals surface area (Å²) in [5, 5.41) is -0.134. The van der Waals surface area contributed by atoms with E-state index in [4.69, 9.17) is 16.3 Å². The number of ether oxygens (including phenoxy) is 1. The Kier molecular flexibility index (Phi) is 4.33. The SMILES string of the molecule is CN(C)c1nc(Cl)nc(OCCC(F)(F)F)n1. The molecule has 0 amide bonds. The molecule has 1 rings (SSSR count). The maximum absolute atomic E-state index is 11.9. The van der Waals surface area contributed by atoms with Crippen LogP contribution in [-0.2, 0) is 0 Å². The van der Waals surface area contributed by atoms with Crippen LogP contribution in [0.15, 0.2) is 0 Å². The second-order valence-electron chi connectivity index (χ2n) is 3.30. The van der Waals surface area contributed by atoms with Crippen LogP contribution in [0.3, 0.4) is 0 Å². The molecule has 0 spiro atoms. The fourth-order valence-corrected chi connectivity index (χ4v) is 0.992. The van der Waals surface area contributed by atoms with Gasteiger partial charge in [-0.1, -0.05) is 0 Å². The first-order chi connectivity index (χ1) is 7.78. The van der Waals surface area contributed by atoms with E-state index in [-0.39, 0.29) is 17.2 Å². The number of alkyl halides is 3. The molecule has 0 aliphatic carbocycles. The Morgan fingerprint density at radius 1 is 1.24 bits per heavy atom. The van der Waals surface area contributed by atoms with Crippen molar-refractivity contribution in [3.63, 3.8) is 0 Å². The van der Waals surface area contributed by atoms with E-state index in [1.54, 1.807) is 14.1 Å². The maximum atomic E-state index is 11.9. The quantitative estimate of drug-likeness (QED) is 0.837. The number of nitrogens with zero attached hydrogens (tertiary/aromatic N) is 4. The van der Waals surface area contributed by atoms with E-state index in [1.807, 2.05) is 0 Å². The van der Waals surface area contributed by atoms with E-state index < -0.39 is 19.2 Å². The Bertz CT molecular complexity index is 386. The molecule has 9 heteroatoms. The van der Waals surface area contributed by atoms with Gasteiger partial charge in [0.15, 0.2) is 0 Å². The van der Waals surface area contributed by atoms with Crippen molar-refractivity contribution in [2.75, 3.05) is 25.6 Å². The molecule has 96 valence electrons. The molecule has 0 unspecified atom stereocenters. The van der Waals surface area contributed by atoms with Gasteiger partial charge in [0.1, 0.15) is 6.61 Å². The lowest BCUT2D eigenvalue weighted by Gasteiger charge is -2.11. The minimum absolute atomic E-state index is 0.134. The van der Waals surface area contributed by atoms with E-state index in [0.717, 1.165) is 0 Å². The number of rotatable bonds is 4. The van der Waals surface area contributed by atoms with Crippen molar-refractivity contribution in [1.29, 1.82) is 0 Å². The van der Waals surface area contributed by atoms with Crippen LogP contribution < -0.4 is 9.64 Å². The highest BCUT2D eigenvalue weighted by atomic mass is 35.5. The van der Waals surface area contributed by atoms with E-state index >= 15 is 0 Å². The van der Waals surface area contributed by atoms with Crippen LogP contribution in [0.2, 0.25) is 5.28 Å². The van der Waals surface area contributed by atoms with Crippen molar-refractivity contribution in [2.24, 2.45) is 0 Å².